The Labute approximate surface area is 56.9 Å². The minimum absolute atomic E-state index is 0.00481. The van der Waals surface area contributed by atoms with E-state index in [2.05, 4.69) is 4.72 Å². The number of hydrogen-bond acceptors (Lipinski definition) is 2. The first-order valence-electron chi connectivity index (χ1n) is 2.47. The molecule has 4 N–H and O–H groups in total. The van der Waals surface area contributed by atoms with E-state index in [-0.39, 0.29) is 11.9 Å². The van der Waals surface area contributed by atoms with E-state index in [4.69, 9.17) is 11.1 Å². The SMILES string of the molecule is C[C@H](NS(C)=O)C(=N)N. The van der Waals surface area contributed by atoms with E-state index in [1.165, 1.54) is 6.26 Å². The van der Waals surface area contributed by atoms with Gasteiger partial charge in [0.15, 0.2) is 0 Å². The van der Waals surface area contributed by atoms with E-state index < -0.39 is 11.0 Å². The predicted molar refractivity (Wildman–Crippen MR) is 38.6 cm³/mol. The lowest BCUT2D eigenvalue weighted by Gasteiger charge is -2.07. The Kier molecular flexibility index (Phi) is 3.41. The van der Waals surface area contributed by atoms with Gasteiger partial charge in [0.2, 0.25) is 0 Å². The van der Waals surface area contributed by atoms with Gasteiger partial charge >= 0.3 is 0 Å². The first kappa shape index (κ1) is 8.58. The second-order valence-corrected chi connectivity index (χ2v) is 2.89. The van der Waals surface area contributed by atoms with E-state index in [1.807, 2.05) is 0 Å². The normalized spacial score (nSPS) is 16.7. The van der Waals surface area contributed by atoms with Crippen molar-refractivity contribution in [3.8, 4) is 0 Å². The van der Waals surface area contributed by atoms with E-state index in [0.29, 0.717) is 0 Å². The summed E-state index contributed by atoms with van der Waals surface area (Å²) in [7, 11) is -1.09. The van der Waals surface area contributed by atoms with Crippen LogP contribution in [0.1, 0.15) is 6.92 Å². The molecule has 0 aliphatic rings. The molecule has 0 aromatic carbocycles. The molecular weight excluding hydrogens is 138 g/mol. The fourth-order valence-corrected chi connectivity index (χ4v) is 0.937. The van der Waals surface area contributed by atoms with Crippen molar-refractivity contribution >= 4 is 16.8 Å². The number of nitrogens with two attached hydrogens (primary N) is 1. The molecule has 0 aliphatic carbocycles. The van der Waals surface area contributed by atoms with Gasteiger partial charge in [0, 0.05) is 6.26 Å². The maximum Gasteiger partial charge on any atom is 0.109 e. The van der Waals surface area contributed by atoms with Gasteiger partial charge in [0.1, 0.15) is 5.84 Å². The molecule has 9 heavy (non-hydrogen) atoms. The number of rotatable bonds is 3. The molecular formula is C4H11N3OS. The average Bonchev–Trinajstić information content (AvgIpc) is 1.63. The highest BCUT2D eigenvalue weighted by Crippen LogP contribution is 1.78. The molecule has 0 aromatic heterocycles. The smallest absolute Gasteiger partial charge is 0.109 e. The van der Waals surface area contributed by atoms with Crippen LogP contribution in [0.4, 0.5) is 0 Å². The van der Waals surface area contributed by atoms with Gasteiger partial charge in [-0.05, 0) is 6.92 Å². The molecule has 0 spiro atoms. The molecule has 0 aliphatic heterocycles. The molecule has 0 saturated carbocycles. The fourth-order valence-electron chi connectivity index (χ4n) is 0.312. The highest BCUT2D eigenvalue weighted by molar-refractivity contribution is 7.82. The third-order valence-electron chi connectivity index (χ3n) is 0.809. The third kappa shape index (κ3) is 4.11. The lowest BCUT2D eigenvalue weighted by atomic mass is 10.3. The second-order valence-electron chi connectivity index (χ2n) is 1.75. The Bertz CT molecular complexity index is 136. The zero-order chi connectivity index (χ0) is 7.44. The van der Waals surface area contributed by atoms with Gasteiger partial charge in [-0.2, -0.15) is 0 Å². The summed E-state index contributed by atoms with van der Waals surface area (Å²) in [5.74, 6) is 0.00481. The average molecular weight is 149 g/mol. The Morgan fingerprint density at radius 1 is 1.89 bits per heavy atom. The summed E-state index contributed by atoms with van der Waals surface area (Å²) in [6.45, 7) is 1.68. The maximum absolute atomic E-state index is 10.4. The van der Waals surface area contributed by atoms with Crippen LogP contribution in [0, 0.1) is 5.41 Å². The molecule has 0 saturated heterocycles. The van der Waals surface area contributed by atoms with Gasteiger partial charge in [-0.15, -0.1) is 0 Å². The minimum atomic E-state index is -1.09. The molecule has 5 heteroatoms. The van der Waals surface area contributed by atoms with E-state index >= 15 is 0 Å². The molecule has 0 fully saturated rings. The first-order chi connectivity index (χ1) is 4.04. The molecule has 0 amide bonds. The van der Waals surface area contributed by atoms with Crippen molar-refractivity contribution in [3.05, 3.63) is 0 Å². The monoisotopic (exact) mass is 149 g/mol. The highest BCUT2D eigenvalue weighted by Gasteiger charge is 2.03. The Morgan fingerprint density at radius 3 is 2.44 bits per heavy atom. The molecule has 0 bridgehead atoms. The van der Waals surface area contributed by atoms with Crippen LogP contribution in [-0.2, 0) is 11.0 Å². The Hall–Kier alpha value is -0.420. The summed E-state index contributed by atoms with van der Waals surface area (Å²) in [6, 6.07) is -0.296. The standard InChI is InChI=1S/C4H11N3OS/c1-3(4(5)6)7-9(2)8/h3,7H,1-2H3,(H3,5,6)/t3-,9?/m0/s1. The van der Waals surface area contributed by atoms with Gasteiger partial charge in [-0.3, -0.25) is 5.41 Å². The fraction of sp³-hybridized carbons (Fsp3) is 0.750. The topological polar surface area (TPSA) is 79.0 Å². The van der Waals surface area contributed by atoms with Crippen LogP contribution in [0.2, 0.25) is 0 Å². The molecule has 0 heterocycles. The number of hydrogen-bond donors (Lipinski definition) is 3. The van der Waals surface area contributed by atoms with Crippen molar-refractivity contribution in [3.63, 3.8) is 0 Å². The van der Waals surface area contributed by atoms with Crippen molar-refractivity contribution in [2.45, 2.75) is 13.0 Å². The van der Waals surface area contributed by atoms with Crippen molar-refractivity contribution in [2.75, 3.05) is 6.26 Å². The van der Waals surface area contributed by atoms with Crippen LogP contribution in [0.5, 0.6) is 0 Å². The van der Waals surface area contributed by atoms with Crippen LogP contribution in [-0.4, -0.2) is 22.3 Å². The van der Waals surface area contributed by atoms with Gasteiger partial charge < -0.3 is 5.73 Å². The predicted octanol–water partition coefficient (Wildman–Crippen LogP) is -0.806. The molecule has 0 radical (unpaired) electrons. The van der Waals surface area contributed by atoms with Gasteiger partial charge in [-0.1, -0.05) is 0 Å². The van der Waals surface area contributed by atoms with Crippen LogP contribution in [0.15, 0.2) is 0 Å². The third-order valence-corrected chi connectivity index (χ3v) is 1.49. The summed E-state index contributed by atoms with van der Waals surface area (Å²) in [5, 5.41) is 6.87. The van der Waals surface area contributed by atoms with E-state index in [0.717, 1.165) is 0 Å². The zero-order valence-corrected chi connectivity index (χ0v) is 6.29. The molecule has 0 aromatic rings. The largest absolute Gasteiger partial charge is 0.386 e. The summed E-state index contributed by atoms with van der Waals surface area (Å²) in [6.07, 6.45) is 1.50. The van der Waals surface area contributed by atoms with E-state index in [9.17, 15) is 4.21 Å². The number of nitrogens with one attached hydrogen (secondary N) is 2. The van der Waals surface area contributed by atoms with Crippen molar-refractivity contribution in [2.24, 2.45) is 5.73 Å². The molecule has 0 rings (SSSR count). The lowest BCUT2D eigenvalue weighted by molar-refractivity contribution is 0.672. The summed E-state index contributed by atoms with van der Waals surface area (Å²) >= 11 is 0. The summed E-state index contributed by atoms with van der Waals surface area (Å²) in [5.41, 5.74) is 5.07. The van der Waals surface area contributed by atoms with Crippen LogP contribution >= 0.6 is 0 Å². The summed E-state index contributed by atoms with van der Waals surface area (Å²) < 4.78 is 13.0. The molecule has 4 nitrogen and oxygen atoms in total. The van der Waals surface area contributed by atoms with Gasteiger partial charge in [-0.25, -0.2) is 8.93 Å². The van der Waals surface area contributed by atoms with Crippen molar-refractivity contribution in [1.82, 2.24) is 4.72 Å². The highest BCUT2D eigenvalue weighted by atomic mass is 32.2. The van der Waals surface area contributed by atoms with Crippen molar-refractivity contribution < 1.29 is 4.21 Å². The zero-order valence-electron chi connectivity index (χ0n) is 5.47. The quantitative estimate of drug-likeness (QED) is 0.362. The molecule has 1 unspecified atom stereocenters. The van der Waals surface area contributed by atoms with Crippen LogP contribution < -0.4 is 10.5 Å². The molecule has 54 valence electrons. The maximum atomic E-state index is 10.4. The Morgan fingerprint density at radius 2 is 2.33 bits per heavy atom. The lowest BCUT2D eigenvalue weighted by Crippen LogP contribution is -2.38. The second kappa shape index (κ2) is 3.58. The van der Waals surface area contributed by atoms with E-state index in [1.54, 1.807) is 6.92 Å². The summed E-state index contributed by atoms with van der Waals surface area (Å²) in [4.78, 5) is 0. The Balaban J connectivity index is 3.63. The van der Waals surface area contributed by atoms with Crippen LogP contribution in [0.25, 0.3) is 0 Å². The number of amidine groups is 1. The first-order valence-corrected chi connectivity index (χ1v) is 4.03. The minimum Gasteiger partial charge on any atom is -0.386 e. The van der Waals surface area contributed by atoms with Gasteiger partial charge in [0.05, 0.1) is 17.0 Å². The van der Waals surface area contributed by atoms with Crippen molar-refractivity contribution in [1.29, 1.82) is 5.41 Å². The van der Waals surface area contributed by atoms with Gasteiger partial charge in [0.25, 0.3) is 0 Å². The van der Waals surface area contributed by atoms with Crippen LogP contribution in [0.3, 0.4) is 0 Å². The molecule has 2 atom stereocenters.